The molecular weight excluding hydrogens is 374 g/mol. The van der Waals surface area contributed by atoms with Crippen LogP contribution in [0.25, 0.3) is 0 Å². The predicted molar refractivity (Wildman–Crippen MR) is 98.5 cm³/mol. The zero-order chi connectivity index (χ0) is 18.4. The van der Waals surface area contributed by atoms with Crippen molar-refractivity contribution >= 4 is 27.3 Å². The van der Waals surface area contributed by atoms with E-state index < -0.39 is 10.0 Å². The van der Waals surface area contributed by atoms with Crippen molar-refractivity contribution < 1.29 is 22.7 Å². The zero-order valence-corrected chi connectivity index (χ0v) is 15.9. The Kier molecular flexibility index (Phi) is 6.42. The molecule has 26 heavy (non-hydrogen) atoms. The monoisotopic (exact) mass is 395 g/mol. The maximum absolute atomic E-state index is 12.7. The topological polar surface area (TPSA) is 72.9 Å². The van der Waals surface area contributed by atoms with Gasteiger partial charge >= 0.3 is 5.97 Å². The van der Waals surface area contributed by atoms with E-state index in [0.717, 1.165) is 4.88 Å². The molecule has 0 radical (unpaired) electrons. The van der Waals surface area contributed by atoms with Crippen molar-refractivity contribution in [1.29, 1.82) is 0 Å². The number of rotatable bonds is 7. The van der Waals surface area contributed by atoms with Gasteiger partial charge in [0, 0.05) is 18.0 Å². The molecule has 1 saturated heterocycles. The summed E-state index contributed by atoms with van der Waals surface area (Å²) in [6, 6.07) is 10.5. The Hall–Kier alpha value is -1.74. The lowest BCUT2D eigenvalue weighted by Crippen LogP contribution is -2.40. The van der Waals surface area contributed by atoms with Crippen molar-refractivity contribution in [3.05, 3.63) is 52.2 Å². The van der Waals surface area contributed by atoms with Crippen molar-refractivity contribution in [2.75, 3.05) is 26.3 Å². The number of morpholine rings is 1. The van der Waals surface area contributed by atoms with Gasteiger partial charge in [0.05, 0.1) is 24.5 Å². The summed E-state index contributed by atoms with van der Waals surface area (Å²) in [6.07, 6.45) is 0.966. The molecular formula is C18H21NO5S2. The zero-order valence-electron chi connectivity index (χ0n) is 14.3. The minimum Gasteiger partial charge on any atom is -0.461 e. The number of hydrogen-bond donors (Lipinski definition) is 0. The highest BCUT2D eigenvalue weighted by Gasteiger charge is 2.26. The molecule has 1 fully saturated rings. The first-order valence-electron chi connectivity index (χ1n) is 8.40. The Morgan fingerprint density at radius 3 is 2.73 bits per heavy atom. The van der Waals surface area contributed by atoms with Crippen molar-refractivity contribution in [3.8, 4) is 0 Å². The van der Waals surface area contributed by atoms with E-state index in [1.807, 2.05) is 17.5 Å². The van der Waals surface area contributed by atoms with Crippen LogP contribution in [0.5, 0.6) is 0 Å². The average molecular weight is 396 g/mol. The Morgan fingerprint density at radius 1 is 1.19 bits per heavy atom. The highest BCUT2D eigenvalue weighted by Crippen LogP contribution is 2.19. The number of benzene rings is 1. The smallest absolute Gasteiger partial charge is 0.306 e. The number of carbonyl (C=O) groups is 1. The van der Waals surface area contributed by atoms with Crippen LogP contribution in [0.15, 0.2) is 46.7 Å². The van der Waals surface area contributed by atoms with Crippen LogP contribution in [0.2, 0.25) is 0 Å². The number of thiophene rings is 1. The van der Waals surface area contributed by atoms with Gasteiger partial charge in [-0.25, -0.2) is 8.42 Å². The molecule has 0 aliphatic carbocycles. The van der Waals surface area contributed by atoms with E-state index in [4.69, 9.17) is 9.47 Å². The largest absolute Gasteiger partial charge is 0.461 e. The summed E-state index contributed by atoms with van der Waals surface area (Å²) in [7, 11) is -3.55. The number of hydrogen-bond acceptors (Lipinski definition) is 6. The lowest BCUT2D eigenvalue weighted by molar-refractivity contribution is -0.144. The molecule has 0 amide bonds. The number of nitrogens with zero attached hydrogens (tertiary/aromatic N) is 1. The third-order valence-corrected chi connectivity index (χ3v) is 6.89. The van der Waals surface area contributed by atoms with Crippen molar-refractivity contribution in [2.24, 2.45) is 0 Å². The number of ether oxygens (including phenoxy) is 2. The fraction of sp³-hybridized carbons (Fsp3) is 0.389. The van der Waals surface area contributed by atoms with E-state index in [1.54, 1.807) is 35.6 Å². The molecule has 140 valence electrons. The number of aryl methyl sites for hydroxylation is 1. The molecule has 0 saturated carbocycles. The van der Waals surface area contributed by atoms with Gasteiger partial charge in [0.25, 0.3) is 0 Å². The molecule has 2 heterocycles. The van der Waals surface area contributed by atoms with Gasteiger partial charge in [0.15, 0.2) is 0 Å². The molecule has 0 unspecified atom stereocenters. The molecule has 0 bridgehead atoms. The molecule has 1 aliphatic heterocycles. The summed E-state index contributed by atoms with van der Waals surface area (Å²) in [4.78, 5) is 13.2. The molecule has 1 aromatic carbocycles. The van der Waals surface area contributed by atoms with E-state index in [1.165, 1.54) is 4.31 Å². The van der Waals surface area contributed by atoms with Crippen LogP contribution in [0, 0.1) is 0 Å². The summed E-state index contributed by atoms with van der Waals surface area (Å²) in [6.45, 7) is 1.58. The highest BCUT2D eigenvalue weighted by atomic mass is 32.2. The van der Waals surface area contributed by atoms with E-state index in [-0.39, 0.29) is 17.5 Å². The van der Waals surface area contributed by atoms with Crippen molar-refractivity contribution in [3.63, 3.8) is 0 Å². The highest BCUT2D eigenvalue weighted by molar-refractivity contribution is 7.89. The van der Waals surface area contributed by atoms with E-state index in [0.29, 0.717) is 44.7 Å². The molecule has 3 rings (SSSR count). The predicted octanol–water partition coefficient (Wildman–Crippen LogP) is 2.45. The molecule has 8 heteroatoms. The maximum Gasteiger partial charge on any atom is 0.306 e. The standard InChI is InChI=1S/C18H21NO5S2/c20-18(7-6-16-4-2-12-25-16)24-14-15-3-1-5-17(13-15)26(21,22)19-8-10-23-11-9-19/h1-5,12-13H,6-11,14H2. The van der Waals surface area contributed by atoms with E-state index in [2.05, 4.69) is 0 Å². The van der Waals surface area contributed by atoms with Gasteiger partial charge in [-0.2, -0.15) is 4.31 Å². The normalized spacial score (nSPS) is 15.7. The van der Waals surface area contributed by atoms with Gasteiger partial charge in [0.2, 0.25) is 10.0 Å². The van der Waals surface area contributed by atoms with E-state index >= 15 is 0 Å². The number of sulfonamides is 1. The second-order valence-electron chi connectivity index (χ2n) is 5.90. The van der Waals surface area contributed by atoms with Gasteiger partial charge in [-0.05, 0) is 35.6 Å². The third kappa shape index (κ3) is 4.91. The van der Waals surface area contributed by atoms with Gasteiger partial charge in [-0.15, -0.1) is 11.3 Å². The second-order valence-corrected chi connectivity index (χ2v) is 8.87. The lowest BCUT2D eigenvalue weighted by Gasteiger charge is -2.26. The molecule has 0 N–H and O–H groups in total. The van der Waals surface area contributed by atoms with Gasteiger partial charge in [-0.3, -0.25) is 4.79 Å². The quantitative estimate of drug-likeness (QED) is 0.674. The fourth-order valence-electron chi connectivity index (χ4n) is 2.65. The van der Waals surface area contributed by atoms with Gasteiger partial charge < -0.3 is 9.47 Å². The first-order valence-corrected chi connectivity index (χ1v) is 10.7. The van der Waals surface area contributed by atoms with E-state index in [9.17, 15) is 13.2 Å². The number of esters is 1. The fourth-order valence-corrected chi connectivity index (χ4v) is 4.84. The first-order chi connectivity index (χ1) is 12.6. The molecule has 1 aliphatic rings. The summed E-state index contributed by atoms with van der Waals surface area (Å²) in [5.41, 5.74) is 0.656. The molecule has 2 aromatic rings. The summed E-state index contributed by atoms with van der Waals surface area (Å²) < 4.78 is 37.3. The van der Waals surface area contributed by atoms with Gasteiger partial charge in [-0.1, -0.05) is 18.2 Å². The van der Waals surface area contributed by atoms with Crippen LogP contribution in [0.1, 0.15) is 16.9 Å². The molecule has 0 atom stereocenters. The van der Waals surface area contributed by atoms with Crippen LogP contribution < -0.4 is 0 Å². The van der Waals surface area contributed by atoms with Crippen molar-refractivity contribution in [2.45, 2.75) is 24.3 Å². The Morgan fingerprint density at radius 2 is 2.00 bits per heavy atom. The van der Waals surface area contributed by atoms with Crippen LogP contribution in [-0.2, 0) is 37.3 Å². The van der Waals surface area contributed by atoms with Gasteiger partial charge in [0.1, 0.15) is 6.61 Å². The number of carbonyl (C=O) groups excluding carboxylic acids is 1. The summed E-state index contributed by atoms with van der Waals surface area (Å²) in [5.74, 6) is -0.292. The Labute approximate surface area is 157 Å². The second kappa shape index (κ2) is 8.77. The van der Waals surface area contributed by atoms with Crippen LogP contribution in [0.4, 0.5) is 0 Å². The summed E-state index contributed by atoms with van der Waals surface area (Å²) in [5, 5.41) is 1.97. The van der Waals surface area contributed by atoms with Crippen LogP contribution >= 0.6 is 11.3 Å². The van der Waals surface area contributed by atoms with Crippen LogP contribution in [-0.4, -0.2) is 45.0 Å². The third-order valence-electron chi connectivity index (χ3n) is 4.06. The summed E-state index contributed by atoms with van der Waals surface area (Å²) >= 11 is 1.61. The minimum absolute atomic E-state index is 0.0652. The molecule has 0 spiro atoms. The Balaban J connectivity index is 1.57. The average Bonchev–Trinajstić information content (AvgIpc) is 3.19. The minimum atomic E-state index is -3.55. The Bertz CT molecular complexity index is 827. The van der Waals surface area contributed by atoms with Crippen LogP contribution in [0.3, 0.4) is 0 Å². The van der Waals surface area contributed by atoms with Crippen molar-refractivity contribution in [1.82, 2.24) is 4.31 Å². The first kappa shape index (κ1) is 19.0. The molecule has 1 aromatic heterocycles. The molecule has 6 nitrogen and oxygen atoms in total. The SMILES string of the molecule is O=C(CCc1cccs1)OCc1cccc(S(=O)(=O)N2CCOCC2)c1. The lowest BCUT2D eigenvalue weighted by atomic mass is 10.2. The maximum atomic E-state index is 12.7.